The molecule has 0 aliphatic carbocycles. The van der Waals surface area contributed by atoms with E-state index in [4.69, 9.17) is 9.47 Å². The molecule has 4 nitrogen and oxygen atoms in total. The molecule has 0 radical (unpaired) electrons. The van der Waals surface area contributed by atoms with E-state index in [9.17, 15) is 18.0 Å². The first-order valence-electron chi connectivity index (χ1n) is 8.53. The average molecular weight is 392 g/mol. The van der Waals surface area contributed by atoms with Gasteiger partial charge in [-0.1, -0.05) is 6.07 Å². The molecular formula is C21H19F3O4. The van der Waals surface area contributed by atoms with E-state index in [1.165, 1.54) is 12.1 Å². The Hall–Kier alpha value is -2.96. The van der Waals surface area contributed by atoms with Crippen LogP contribution in [0.2, 0.25) is 0 Å². The molecule has 0 saturated heterocycles. The molecule has 7 heteroatoms. The van der Waals surface area contributed by atoms with Crippen molar-refractivity contribution >= 4 is 12.0 Å². The van der Waals surface area contributed by atoms with Crippen molar-refractivity contribution in [1.29, 1.82) is 0 Å². The molecule has 2 aromatic rings. The molecule has 0 N–H and O–H groups in total. The highest BCUT2D eigenvalue weighted by Crippen LogP contribution is 2.40. The van der Waals surface area contributed by atoms with Gasteiger partial charge in [0, 0.05) is 11.6 Å². The Morgan fingerprint density at radius 1 is 1.11 bits per heavy atom. The number of hydrogen-bond donors (Lipinski definition) is 0. The molecule has 1 unspecified atom stereocenters. The number of benzene rings is 2. The number of halogens is 3. The highest BCUT2D eigenvalue weighted by molar-refractivity contribution is 5.96. The number of rotatable bonds is 3. The van der Waals surface area contributed by atoms with Crippen molar-refractivity contribution in [1.82, 2.24) is 0 Å². The Labute approximate surface area is 160 Å². The van der Waals surface area contributed by atoms with Crippen LogP contribution >= 0.6 is 0 Å². The first kappa shape index (κ1) is 19.8. The van der Waals surface area contributed by atoms with Gasteiger partial charge >= 0.3 is 12.1 Å². The topological polar surface area (TPSA) is 44.8 Å². The number of carbonyl (C=O) groups excluding carboxylic acids is 1. The van der Waals surface area contributed by atoms with Crippen LogP contribution in [0.15, 0.2) is 35.9 Å². The standard InChI is InChI=1S/C21H19F3O4/c1-11-7-12(2)13(3)17(8-11)27-15-6-5-14-9-16(20(25)26-4)19(21(22,23)24)28-18(14)10-15/h5-10,19H,1-4H3. The minimum Gasteiger partial charge on any atom is -0.475 e. The van der Waals surface area contributed by atoms with Crippen LogP contribution < -0.4 is 9.47 Å². The minimum absolute atomic E-state index is 0.0190. The van der Waals surface area contributed by atoms with E-state index >= 15 is 0 Å². The number of esters is 1. The first-order chi connectivity index (χ1) is 13.1. The lowest BCUT2D eigenvalue weighted by atomic mass is 10.0. The maximum atomic E-state index is 13.4. The van der Waals surface area contributed by atoms with E-state index in [2.05, 4.69) is 4.74 Å². The van der Waals surface area contributed by atoms with Crippen molar-refractivity contribution in [3.05, 3.63) is 58.2 Å². The lowest BCUT2D eigenvalue weighted by Gasteiger charge is -2.27. The summed E-state index contributed by atoms with van der Waals surface area (Å²) in [5, 5.41) is 0. The molecule has 1 heterocycles. The van der Waals surface area contributed by atoms with E-state index in [1.807, 2.05) is 32.9 Å². The molecule has 3 rings (SSSR count). The van der Waals surface area contributed by atoms with Gasteiger partial charge in [-0.2, -0.15) is 13.2 Å². The summed E-state index contributed by atoms with van der Waals surface area (Å²) in [4.78, 5) is 11.7. The maximum Gasteiger partial charge on any atom is 0.430 e. The van der Waals surface area contributed by atoms with Gasteiger partial charge in [0.2, 0.25) is 6.10 Å². The second-order valence-corrected chi connectivity index (χ2v) is 6.64. The van der Waals surface area contributed by atoms with Gasteiger partial charge < -0.3 is 14.2 Å². The second-order valence-electron chi connectivity index (χ2n) is 6.64. The molecule has 1 aliphatic rings. The number of carbonyl (C=O) groups is 1. The predicted octanol–water partition coefficient (Wildman–Crippen LogP) is 5.28. The highest BCUT2D eigenvalue weighted by atomic mass is 19.4. The fraction of sp³-hybridized carbons (Fsp3) is 0.286. The van der Waals surface area contributed by atoms with Crippen LogP contribution in [-0.4, -0.2) is 25.4 Å². The molecular weight excluding hydrogens is 373 g/mol. The third-order valence-electron chi connectivity index (χ3n) is 4.53. The summed E-state index contributed by atoms with van der Waals surface area (Å²) in [6, 6.07) is 8.41. The van der Waals surface area contributed by atoms with Crippen LogP contribution in [0.4, 0.5) is 13.2 Å². The number of aryl methyl sites for hydroxylation is 2. The number of alkyl halides is 3. The second kappa shape index (κ2) is 7.22. The summed E-state index contributed by atoms with van der Waals surface area (Å²) in [7, 11) is 1.02. The first-order valence-corrected chi connectivity index (χ1v) is 8.53. The van der Waals surface area contributed by atoms with Gasteiger partial charge in [-0.3, -0.25) is 0 Å². The van der Waals surface area contributed by atoms with Crippen LogP contribution in [-0.2, 0) is 9.53 Å². The summed E-state index contributed by atoms with van der Waals surface area (Å²) in [6.07, 6.45) is -6.03. The van der Waals surface area contributed by atoms with Gasteiger partial charge in [0.25, 0.3) is 0 Å². The summed E-state index contributed by atoms with van der Waals surface area (Å²) in [6.45, 7) is 5.80. The summed E-state index contributed by atoms with van der Waals surface area (Å²) in [5.41, 5.74) is 2.74. The average Bonchev–Trinajstić information content (AvgIpc) is 2.63. The number of methoxy groups -OCH3 is 1. The van der Waals surface area contributed by atoms with Crippen molar-refractivity contribution < 1.29 is 32.2 Å². The molecule has 1 aliphatic heterocycles. The van der Waals surface area contributed by atoms with E-state index in [0.717, 1.165) is 29.9 Å². The van der Waals surface area contributed by atoms with Crippen LogP contribution in [0.1, 0.15) is 22.3 Å². The lowest BCUT2D eigenvalue weighted by Crippen LogP contribution is -2.40. The van der Waals surface area contributed by atoms with Crippen molar-refractivity contribution in [3.63, 3.8) is 0 Å². The molecule has 28 heavy (non-hydrogen) atoms. The number of ether oxygens (including phenoxy) is 3. The van der Waals surface area contributed by atoms with Gasteiger partial charge in [0.05, 0.1) is 12.7 Å². The van der Waals surface area contributed by atoms with Crippen LogP contribution in [0.3, 0.4) is 0 Å². The Kier molecular flexibility index (Phi) is 5.10. The van der Waals surface area contributed by atoms with Crippen molar-refractivity contribution in [2.24, 2.45) is 0 Å². The van der Waals surface area contributed by atoms with E-state index in [1.54, 1.807) is 6.07 Å². The largest absolute Gasteiger partial charge is 0.475 e. The molecule has 0 aromatic heterocycles. The summed E-state index contributed by atoms with van der Waals surface area (Å²) >= 11 is 0. The van der Waals surface area contributed by atoms with Crippen molar-refractivity contribution in [2.45, 2.75) is 33.1 Å². The zero-order chi connectivity index (χ0) is 20.6. The molecule has 0 fully saturated rings. The van der Waals surface area contributed by atoms with E-state index in [0.29, 0.717) is 17.1 Å². The van der Waals surface area contributed by atoms with Gasteiger partial charge in [0.1, 0.15) is 17.2 Å². The Balaban J connectivity index is 1.98. The van der Waals surface area contributed by atoms with Crippen molar-refractivity contribution in [2.75, 3.05) is 7.11 Å². The van der Waals surface area contributed by atoms with Gasteiger partial charge in [-0.15, -0.1) is 0 Å². The molecule has 0 spiro atoms. The highest BCUT2D eigenvalue weighted by Gasteiger charge is 2.48. The fourth-order valence-electron chi connectivity index (χ4n) is 2.99. The quantitative estimate of drug-likeness (QED) is 0.667. The van der Waals surface area contributed by atoms with Crippen LogP contribution in [0.25, 0.3) is 6.08 Å². The Morgan fingerprint density at radius 3 is 2.46 bits per heavy atom. The smallest absolute Gasteiger partial charge is 0.430 e. The Bertz CT molecular complexity index is 961. The van der Waals surface area contributed by atoms with Gasteiger partial charge in [-0.05, 0) is 61.7 Å². The van der Waals surface area contributed by atoms with Crippen molar-refractivity contribution in [3.8, 4) is 17.2 Å². The zero-order valence-corrected chi connectivity index (χ0v) is 15.8. The Morgan fingerprint density at radius 2 is 1.82 bits per heavy atom. The molecule has 0 amide bonds. The van der Waals surface area contributed by atoms with Gasteiger partial charge in [0.15, 0.2) is 0 Å². The predicted molar refractivity (Wildman–Crippen MR) is 97.6 cm³/mol. The van der Waals surface area contributed by atoms with Gasteiger partial charge in [-0.25, -0.2) is 4.79 Å². The van der Waals surface area contributed by atoms with Crippen LogP contribution in [0, 0.1) is 20.8 Å². The monoisotopic (exact) mass is 392 g/mol. The molecule has 148 valence electrons. The SMILES string of the molecule is COC(=O)C1=Cc2ccc(Oc3cc(C)cc(C)c3C)cc2OC1C(F)(F)F. The zero-order valence-electron chi connectivity index (χ0n) is 15.8. The normalized spacial score (nSPS) is 16.0. The molecule has 0 saturated carbocycles. The number of hydrogen-bond acceptors (Lipinski definition) is 4. The third kappa shape index (κ3) is 3.83. The maximum absolute atomic E-state index is 13.4. The molecule has 2 aromatic carbocycles. The molecule has 1 atom stereocenters. The van der Waals surface area contributed by atoms with Crippen LogP contribution in [0.5, 0.6) is 17.2 Å². The van der Waals surface area contributed by atoms with E-state index in [-0.39, 0.29) is 5.75 Å². The van der Waals surface area contributed by atoms with E-state index < -0.39 is 23.8 Å². The fourth-order valence-corrected chi connectivity index (χ4v) is 2.99. The molecule has 0 bridgehead atoms. The number of fused-ring (bicyclic) bond motifs is 1. The third-order valence-corrected chi connectivity index (χ3v) is 4.53. The lowest BCUT2D eigenvalue weighted by molar-refractivity contribution is -0.187. The minimum atomic E-state index is -4.77. The summed E-state index contributed by atoms with van der Waals surface area (Å²) in [5.74, 6) is -0.150. The summed E-state index contributed by atoms with van der Waals surface area (Å²) < 4.78 is 55.5.